The van der Waals surface area contributed by atoms with Crippen molar-refractivity contribution < 1.29 is 4.42 Å². The van der Waals surface area contributed by atoms with Crippen molar-refractivity contribution in [2.45, 2.75) is 12.5 Å². The molecule has 0 radical (unpaired) electrons. The van der Waals surface area contributed by atoms with Gasteiger partial charge in [0.25, 0.3) is 5.89 Å². The predicted octanol–water partition coefficient (Wildman–Crippen LogP) is 3.31. The van der Waals surface area contributed by atoms with Crippen LogP contribution in [-0.2, 0) is 6.42 Å². The lowest BCUT2D eigenvalue weighted by molar-refractivity contribution is 0.502. The number of aromatic nitrogens is 7. The molecule has 6 heterocycles. The summed E-state index contributed by atoms with van der Waals surface area (Å²) in [4.78, 5) is 14.1. The highest BCUT2D eigenvalue weighted by Crippen LogP contribution is 2.37. The van der Waals surface area contributed by atoms with E-state index in [9.17, 15) is 0 Å². The number of nitrogens with zero attached hydrogens (tertiary/aromatic N) is 7. The predicted molar refractivity (Wildman–Crippen MR) is 109 cm³/mol. The number of H-pyrrole nitrogens is 1. The monoisotopic (exact) mass is 418 g/mol. The molecule has 1 N–H and O–H groups in total. The first-order valence-electron chi connectivity index (χ1n) is 9.45. The van der Waals surface area contributed by atoms with Gasteiger partial charge in [-0.05, 0) is 30.3 Å². The maximum Gasteiger partial charge on any atom is 0.319 e. The summed E-state index contributed by atoms with van der Waals surface area (Å²) in [6.07, 6.45) is 6.05. The Labute approximate surface area is 175 Å². The fraction of sp³-hybridized carbons (Fsp3) is 0.150. The van der Waals surface area contributed by atoms with Crippen molar-refractivity contribution in [1.29, 1.82) is 0 Å². The molecule has 1 aliphatic rings. The minimum Gasteiger partial charge on any atom is -0.402 e. The van der Waals surface area contributed by atoms with Gasteiger partial charge >= 0.3 is 6.01 Å². The van der Waals surface area contributed by atoms with Crippen LogP contribution < -0.4 is 4.90 Å². The third-order valence-electron chi connectivity index (χ3n) is 5.22. The fourth-order valence-corrected chi connectivity index (χ4v) is 4.05. The smallest absolute Gasteiger partial charge is 0.319 e. The molecule has 5 aromatic rings. The third-order valence-corrected chi connectivity index (χ3v) is 5.54. The Balaban J connectivity index is 1.46. The highest BCUT2D eigenvalue weighted by atomic mass is 35.5. The highest BCUT2D eigenvalue weighted by Gasteiger charge is 2.36. The van der Waals surface area contributed by atoms with Crippen LogP contribution in [-0.4, -0.2) is 41.3 Å². The standard InChI is InChI=1S/C20H15ClN8O/c21-12-4-3-8-29-16(12)10-15(27-29)18-17-13(23-11-24-17)6-9-28(18)20-26-25-19(30-20)14-5-1-2-7-22-14/h1-5,7-8,10-11,18H,6,9H2,(H,23,24)/t18-/m1/s1. The number of anilines is 1. The van der Waals surface area contributed by atoms with E-state index in [2.05, 4.69) is 25.1 Å². The number of halogens is 1. The van der Waals surface area contributed by atoms with Gasteiger partial charge in [0.15, 0.2) is 0 Å². The molecule has 10 heteroatoms. The molecule has 0 aromatic carbocycles. The van der Waals surface area contributed by atoms with Crippen LogP contribution in [0.4, 0.5) is 6.01 Å². The second-order valence-corrected chi connectivity index (χ2v) is 7.38. The van der Waals surface area contributed by atoms with Crippen molar-refractivity contribution in [3.63, 3.8) is 0 Å². The number of aromatic amines is 1. The maximum absolute atomic E-state index is 6.37. The largest absolute Gasteiger partial charge is 0.402 e. The van der Waals surface area contributed by atoms with Gasteiger partial charge in [-0.1, -0.05) is 22.8 Å². The van der Waals surface area contributed by atoms with Gasteiger partial charge in [0.2, 0.25) is 0 Å². The Bertz CT molecular complexity index is 1340. The maximum atomic E-state index is 6.37. The lowest BCUT2D eigenvalue weighted by Crippen LogP contribution is -2.36. The number of imidazole rings is 1. The minimum atomic E-state index is -0.284. The van der Waals surface area contributed by atoms with Gasteiger partial charge in [-0.25, -0.2) is 9.50 Å². The van der Waals surface area contributed by atoms with Crippen LogP contribution in [0.1, 0.15) is 23.1 Å². The van der Waals surface area contributed by atoms with E-state index in [0.29, 0.717) is 29.2 Å². The molecule has 1 atom stereocenters. The van der Waals surface area contributed by atoms with Crippen LogP contribution in [0, 0.1) is 0 Å². The molecule has 9 nitrogen and oxygen atoms in total. The summed E-state index contributed by atoms with van der Waals surface area (Å²) >= 11 is 6.37. The molecule has 0 aliphatic carbocycles. The second kappa shape index (κ2) is 6.67. The quantitative estimate of drug-likeness (QED) is 0.479. The van der Waals surface area contributed by atoms with E-state index in [1.54, 1.807) is 17.0 Å². The first-order valence-corrected chi connectivity index (χ1v) is 9.83. The zero-order valence-electron chi connectivity index (χ0n) is 15.6. The SMILES string of the molecule is Clc1cccn2nc([C@@H]3c4nc[nH]c4CCN3c3nnc(-c4ccccn4)o3)cc12. The van der Waals surface area contributed by atoms with Crippen LogP contribution >= 0.6 is 11.6 Å². The zero-order valence-corrected chi connectivity index (χ0v) is 16.4. The molecule has 30 heavy (non-hydrogen) atoms. The van der Waals surface area contributed by atoms with Gasteiger partial charge in [0.1, 0.15) is 11.7 Å². The fourth-order valence-electron chi connectivity index (χ4n) is 3.84. The van der Waals surface area contributed by atoms with Gasteiger partial charge in [0, 0.05) is 31.1 Å². The van der Waals surface area contributed by atoms with E-state index in [1.165, 1.54) is 0 Å². The normalized spacial score (nSPS) is 16.2. The number of hydrogen-bond acceptors (Lipinski definition) is 7. The zero-order chi connectivity index (χ0) is 20.1. The summed E-state index contributed by atoms with van der Waals surface area (Å²) in [5, 5.41) is 13.9. The lowest BCUT2D eigenvalue weighted by Gasteiger charge is -2.32. The number of pyridine rings is 2. The first kappa shape index (κ1) is 17.2. The summed E-state index contributed by atoms with van der Waals surface area (Å²) in [6.45, 7) is 0.672. The van der Waals surface area contributed by atoms with E-state index in [4.69, 9.17) is 21.1 Å². The Morgan fingerprint density at radius 2 is 2.10 bits per heavy atom. The number of nitrogens with one attached hydrogen (secondary N) is 1. The molecule has 0 saturated heterocycles. The van der Waals surface area contributed by atoms with Crippen molar-refractivity contribution in [1.82, 2.24) is 34.8 Å². The molecule has 5 aromatic heterocycles. The molecular formula is C20H15ClN8O. The third kappa shape index (κ3) is 2.66. The van der Waals surface area contributed by atoms with Crippen molar-refractivity contribution in [2.24, 2.45) is 0 Å². The van der Waals surface area contributed by atoms with Crippen LogP contribution in [0.5, 0.6) is 0 Å². The summed E-state index contributed by atoms with van der Waals surface area (Å²) in [7, 11) is 0. The summed E-state index contributed by atoms with van der Waals surface area (Å²) in [6, 6.07) is 11.4. The Hall–Kier alpha value is -3.72. The molecule has 0 spiro atoms. The Morgan fingerprint density at radius 3 is 2.97 bits per heavy atom. The molecule has 0 saturated carbocycles. The summed E-state index contributed by atoms with van der Waals surface area (Å²) in [5.41, 5.74) is 4.22. The van der Waals surface area contributed by atoms with Gasteiger partial charge in [0.05, 0.1) is 28.3 Å². The van der Waals surface area contributed by atoms with Gasteiger partial charge in [-0.2, -0.15) is 5.10 Å². The van der Waals surface area contributed by atoms with Crippen LogP contribution in [0.25, 0.3) is 17.1 Å². The van der Waals surface area contributed by atoms with E-state index in [0.717, 1.165) is 29.0 Å². The molecular weight excluding hydrogens is 404 g/mol. The molecule has 0 fully saturated rings. The Kier molecular flexibility index (Phi) is 3.81. The van der Waals surface area contributed by atoms with Crippen molar-refractivity contribution in [3.05, 3.63) is 77.2 Å². The second-order valence-electron chi connectivity index (χ2n) is 6.97. The molecule has 0 amide bonds. The number of fused-ring (bicyclic) bond motifs is 2. The van der Waals surface area contributed by atoms with Gasteiger partial charge in [-0.3, -0.25) is 4.98 Å². The topological polar surface area (TPSA) is 101 Å². The lowest BCUT2D eigenvalue weighted by atomic mass is 10.0. The van der Waals surface area contributed by atoms with E-state index in [-0.39, 0.29) is 6.04 Å². The summed E-state index contributed by atoms with van der Waals surface area (Å²) < 4.78 is 7.76. The van der Waals surface area contributed by atoms with E-state index < -0.39 is 0 Å². The molecule has 148 valence electrons. The van der Waals surface area contributed by atoms with Crippen molar-refractivity contribution in [3.8, 4) is 11.6 Å². The van der Waals surface area contributed by atoms with Crippen LogP contribution in [0.2, 0.25) is 5.02 Å². The highest BCUT2D eigenvalue weighted by molar-refractivity contribution is 6.33. The van der Waals surface area contributed by atoms with E-state index in [1.807, 2.05) is 47.5 Å². The van der Waals surface area contributed by atoms with Crippen LogP contribution in [0.15, 0.2) is 59.5 Å². The van der Waals surface area contributed by atoms with Gasteiger partial charge in [-0.15, -0.1) is 5.10 Å². The summed E-state index contributed by atoms with van der Waals surface area (Å²) in [5.74, 6) is 0.371. The van der Waals surface area contributed by atoms with Crippen molar-refractivity contribution in [2.75, 3.05) is 11.4 Å². The average Bonchev–Trinajstić information content (AvgIpc) is 3.52. The molecule has 6 rings (SSSR count). The van der Waals surface area contributed by atoms with Crippen molar-refractivity contribution >= 4 is 23.1 Å². The molecule has 1 aliphatic heterocycles. The minimum absolute atomic E-state index is 0.284. The average molecular weight is 419 g/mol. The number of rotatable bonds is 3. The molecule has 0 unspecified atom stereocenters. The first-order chi connectivity index (χ1) is 14.8. The van der Waals surface area contributed by atoms with Gasteiger partial charge < -0.3 is 14.3 Å². The molecule has 0 bridgehead atoms. The Morgan fingerprint density at radius 1 is 1.13 bits per heavy atom. The van der Waals surface area contributed by atoms with E-state index >= 15 is 0 Å². The number of hydrogen-bond donors (Lipinski definition) is 1. The van der Waals surface area contributed by atoms with Crippen LogP contribution in [0.3, 0.4) is 0 Å².